The van der Waals surface area contributed by atoms with E-state index in [2.05, 4.69) is 15.2 Å². The van der Waals surface area contributed by atoms with Gasteiger partial charge >= 0.3 is 0 Å². The summed E-state index contributed by atoms with van der Waals surface area (Å²) in [6.07, 6.45) is 6.29. The Morgan fingerprint density at radius 1 is 1.29 bits per heavy atom. The van der Waals surface area contributed by atoms with E-state index in [1.165, 1.54) is 32.4 Å². The summed E-state index contributed by atoms with van der Waals surface area (Å²) in [5.74, 6) is 1.10. The van der Waals surface area contributed by atoms with Crippen LogP contribution >= 0.6 is 35.6 Å². The molecular formula is C17H26ClIN4O. The van der Waals surface area contributed by atoms with Crippen molar-refractivity contribution in [2.75, 3.05) is 25.5 Å². The van der Waals surface area contributed by atoms with Crippen LogP contribution in [-0.2, 0) is 0 Å². The molecule has 1 saturated heterocycles. The Morgan fingerprint density at radius 2 is 2.00 bits per heavy atom. The highest BCUT2D eigenvalue weighted by Crippen LogP contribution is 2.31. The van der Waals surface area contributed by atoms with E-state index in [0.29, 0.717) is 28.8 Å². The van der Waals surface area contributed by atoms with Gasteiger partial charge in [0.15, 0.2) is 5.96 Å². The van der Waals surface area contributed by atoms with E-state index in [-0.39, 0.29) is 24.0 Å². The van der Waals surface area contributed by atoms with Gasteiger partial charge in [-0.2, -0.15) is 0 Å². The number of rotatable bonds is 4. The minimum Gasteiger partial charge on any atom is -0.495 e. The van der Waals surface area contributed by atoms with Gasteiger partial charge in [-0.05, 0) is 57.0 Å². The lowest BCUT2D eigenvalue weighted by molar-refractivity contribution is 0.0912. The second-order valence-corrected chi connectivity index (χ2v) is 6.77. The normalized spacial score (nSPS) is 24.7. The molecule has 0 unspecified atom stereocenters. The number of hydrogen-bond donors (Lipinski definition) is 2. The van der Waals surface area contributed by atoms with Gasteiger partial charge in [-0.1, -0.05) is 18.0 Å². The monoisotopic (exact) mass is 464 g/mol. The number of nitrogens with zero attached hydrogens (tertiary/aromatic N) is 2. The van der Waals surface area contributed by atoms with Crippen molar-refractivity contribution >= 4 is 47.2 Å². The highest BCUT2D eigenvalue weighted by atomic mass is 127. The molecule has 1 heterocycles. The molecule has 7 heteroatoms. The van der Waals surface area contributed by atoms with Crippen LogP contribution in [0.1, 0.15) is 32.1 Å². The maximum absolute atomic E-state index is 6.11. The number of guanidine groups is 1. The molecule has 0 bridgehead atoms. The first-order valence-electron chi connectivity index (χ1n) is 8.33. The van der Waals surface area contributed by atoms with Crippen LogP contribution in [0.15, 0.2) is 23.2 Å². The quantitative estimate of drug-likeness (QED) is 0.405. The van der Waals surface area contributed by atoms with Crippen molar-refractivity contribution in [3.63, 3.8) is 0 Å². The molecule has 24 heavy (non-hydrogen) atoms. The van der Waals surface area contributed by atoms with Crippen molar-refractivity contribution < 1.29 is 4.74 Å². The molecule has 1 aliphatic carbocycles. The van der Waals surface area contributed by atoms with Crippen molar-refractivity contribution in [1.29, 1.82) is 0 Å². The van der Waals surface area contributed by atoms with E-state index in [1.54, 1.807) is 13.2 Å². The summed E-state index contributed by atoms with van der Waals surface area (Å²) in [6, 6.07) is 6.52. The van der Waals surface area contributed by atoms with Gasteiger partial charge in [0.1, 0.15) is 5.75 Å². The Hall–Kier alpha value is -0.730. The minimum absolute atomic E-state index is 0. The van der Waals surface area contributed by atoms with Gasteiger partial charge in [0.05, 0.1) is 18.2 Å². The molecule has 2 fully saturated rings. The predicted molar refractivity (Wildman–Crippen MR) is 111 cm³/mol. The third kappa shape index (κ3) is 4.89. The standard InChI is InChI=1S/C17H25ClN4O.HI/c1-23-16-6-5-12(11-15(16)18)20-17(19)21-13-9-14(10-13)22-7-3-2-4-8-22;/h5-6,11,13-14H,2-4,7-10H2,1H3,(H3,19,20,21);1H. The van der Waals surface area contributed by atoms with Crippen LogP contribution in [0, 0.1) is 0 Å². The smallest absolute Gasteiger partial charge is 0.193 e. The molecule has 3 N–H and O–H groups in total. The molecule has 1 saturated carbocycles. The lowest BCUT2D eigenvalue weighted by atomic mass is 9.85. The van der Waals surface area contributed by atoms with Crippen LogP contribution in [-0.4, -0.2) is 43.1 Å². The highest BCUT2D eigenvalue weighted by molar-refractivity contribution is 14.0. The number of nitrogens with one attached hydrogen (secondary N) is 1. The first-order chi connectivity index (χ1) is 11.2. The zero-order valence-corrected chi connectivity index (χ0v) is 17.1. The third-order valence-corrected chi connectivity index (χ3v) is 5.04. The number of piperidine rings is 1. The Bertz CT molecular complexity index is 572. The zero-order valence-electron chi connectivity index (χ0n) is 14.0. The van der Waals surface area contributed by atoms with Gasteiger partial charge in [0.2, 0.25) is 0 Å². The van der Waals surface area contributed by atoms with Gasteiger partial charge < -0.3 is 20.7 Å². The first-order valence-corrected chi connectivity index (χ1v) is 8.71. The Balaban J connectivity index is 0.00000208. The van der Waals surface area contributed by atoms with Crippen LogP contribution in [0.3, 0.4) is 0 Å². The van der Waals surface area contributed by atoms with Crippen molar-refractivity contribution in [3.8, 4) is 5.75 Å². The molecule has 0 aromatic heterocycles. The number of anilines is 1. The summed E-state index contributed by atoms with van der Waals surface area (Å²) in [7, 11) is 1.60. The minimum atomic E-state index is 0. The van der Waals surface area contributed by atoms with Gasteiger partial charge in [-0.15, -0.1) is 24.0 Å². The predicted octanol–water partition coefficient (Wildman–Crippen LogP) is 3.71. The summed E-state index contributed by atoms with van der Waals surface area (Å²) in [4.78, 5) is 7.19. The number of aliphatic imine (C=N–C) groups is 1. The van der Waals surface area contributed by atoms with E-state index in [9.17, 15) is 0 Å². The Morgan fingerprint density at radius 3 is 2.62 bits per heavy atom. The fourth-order valence-corrected chi connectivity index (χ4v) is 3.62. The first kappa shape index (κ1) is 19.6. The van der Waals surface area contributed by atoms with Gasteiger partial charge in [-0.25, -0.2) is 4.99 Å². The van der Waals surface area contributed by atoms with Crippen LogP contribution < -0.4 is 15.8 Å². The van der Waals surface area contributed by atoms with Crippen molar-refractivity contribution in [2.45, 2.75) is 44.2 Å². The molecule has 0 radical (unpaired) electrons. The molecule has 134 valence electrons. The molecule has 1 aliphatic heterocycles. The van der Waals surface area contributed by atoms with Crippen LogP contribution in [0.4, 0.5) is 5.69 Å². The number of ether oxygens (including phenoxy) is 1. The molecule has 3 rings (SSSR count). The number of nitrogens with two attached hydrogens (primary N) is 1. The zero-order chi connectivity index (χ0) is 16.2. The molecule has 5 nitrogen and oxygen atoms in total. The van der Waals surface area contributed by atoms with Crippen molar-refractivity contribution in [3.05, 3.63) is 23.2 Å². The number of halogens is 2. The van der Waals surface area contributed by atoms with E-state index in [0.717, 1.165) is 18.5 Å². The number of hydrogen-bond acceptors (Lipinski definition) is 3. The number of likely N-dealkylation sites (tertiary alicyclic amines) is 1. The largest absolute Gasteiger partial charge is 0.495 e. The fourth-order valence-electron chi connectivity index (χ4n) is 3.37. The van der Waals surface area contributed by atoms with Crippen molar-refractivity contribution in [1.82, 2.24) is 4.90 Å². The molecule has 2 aliphatic rings. The van der Waals surface area contributed by atoms with E-state index >= 15 is 0 Å². The second-order valence-electron chi connectivity index (χ2n) is 6.36. The summed E-state index contributed by atoms with van der Waals surface area (Å²) < 4.78 is 5.14. The van der Waals surface area contributed by atoms with Gasteiger partial charge in [0, 0.05) is 11.7 Å². The number of benzene rings is 1. The maximum Gasteiger partial charge on any atom is 0.193 e. The molecule has 0 atom stereocenters. The van der Waals surface area contributed by atoms with Crippen molar-refractivity contribution in [2.24, 2.45) is 10.7 Å². The Labute approximate surface area is 166 Å². The number of methoxy groups -OCH3 is 1. The Kier molecular flexibility index (Phi) is 7.43. The second kappa shape index (κ2) is 9.10. The SMILES string of the molecule is COc1ccc(NC(N)=NC2CC(N3CCCCC3)C2)cc1Cl.I. The molecule has 0 amide bonds. The van der Waals surface area contributed by atoms with Gasteiger partial charge in [-0.3, -0.25) is 0 Å². The summed E-state index contributed by atoms with van der Waals surface area (Å²) in [5.41, 5.74) is 6.83. The molecular weight excluding hydrogens is 439 g/mol. The average Bonchev–Trinajstić information content (AvgIpc) is 2.51. The average molecular weight is 465 g/mol. The lowest BCUT2D eigenvalue weighted by Crippen LogP contribution is -2.49. The van der Waals surface area contributed by atoms with Crippen LogP contribution in [0.2, 0.25) is 5.02 Å². The molecule has 1 aromatic rings. The third-order valence-electron chi connectivity index (χ3n) is 4.74. The summed E-state index contributed by atoms with van der Waals surface area (Å²) >= 11 is 6.11. The molecule has 0 spiro atoms. The van der Waals surface area contributed by atoms with Crippen LogP contribution in [0.5, 0.6) is 5.75 Å². The van der Waals surface area contributed by atoms with E-state index in [1.807, 2.05) is 12.1 Å². The van der Waals surface area contributed by atoms with E-state index in [4.69, 9.17) is 22.1 Å². The van der Waals surface area contributed by atoms with E-state index < -0.39 is 0 Å². The summed E-state index contributed by atoms with van der Waals surface area (Å²) in [5, 5.41) is 3.66. The fraction of sp³-hybridized carbons (Fsp3) is 0.588. The highest BCUT2D eigenvalue weighted by Gasteiger charge is 2.33. The lowest BCUT2D eigenvalue weighted by Gasteiger charge is -2.43. The summed E-state index contributed by atoms with van der Waals surface area (Å²) in [6.45, 7) is 2.50. The van der Waals surface area contributed by atoms with Gasteiger partial charge in [0.25, 0.3) is 0 Å². The molecule has 1 aromatic carbocycles. The maximum atomic E-state index is 6.11. The topological polar surface area (TPSA) is 62.9 Å². The van der Waals surface area contributed by atoms with Crippen LogP contribution in [0.25, 0.3) is 0 Å².